The summed E-state index contributed by atoms with van der Waals surface area (Å²) in [5.41, 5.74) is 1.39. The largest absolute Gasteiger partial charge is 0.465 e. The normalized spacial score (nSPS) is 19.4. The smallest absolute Gasteiger partial charge is 0.417 e. The molecule has 2 heterocycles. The third-order valence-corrected chi connectivity index (χ3v) is 4.36. The van der Waals surface area contributed by atoms with Crippen LogP contribution < -0.4 is 0 Å². The summed E-state index contributed by atoms with van der Waals surface area (Å²) in [6, 6.07) is 21.3. The SMILES string of the molecule is FC(F)(F)c1ccc(C2=N[C@@H](c3ccccc3)[C@H](c3ccccc3)O2)nc1. The lowest BCUT2D eigenvalue weighted by Gasteiger charge is -2.18. The molecule has 0 fully saturated rings. The number of rotatable bonds is 3. The van der Waals surface area contributed by atoms with Gasteiger partial charge in [-0.25, -0.2) is 4.99 Å². The van der Waals surface area contributed by atoms with E-state index < -0.39 is 11.7 Å². The van der Waals surface area contributed by atoms with Gasteiger partial charge in [0.2, 0.25) is 5.90 Å². The van der Waals surface area contributed by atoms with Gasteiger partial charge in [-0.15, -0.1) is 0 Å². The molecule has 0 radical (unpaired) electrons. The number of pyridine rings is 1. The summed E-state index contributed by atoms with van der Waals surface area (Å²) in [6.45, 7) is 0. The van der Waals surface area contributed by atoms with Gasteiger partial charge in [0.25, 0.3) is 0 Å². The number of nitrogens with zero attached hydrogens (tertiary/aromatic N) is 2. The first kappa shape index (κ1) is 17.3. The van der Waals surface area contributed by atoms with Crippen molar-refractivity contribution in [1.82, 2.24) is 4.98 Å². The molecule has 1 aromatic heterocycles. The zero-order chi connectivity index (χ0) is 18.9. The first-order valence-electron chi connectivity index (χ1n) is 8.40. The predicted molar refractivity (Wildman–Crippen MR) is 95.2 cm³/mol. The minimum absolute atomic E-state index is 0.242. The summed E-state index contributed by atoms with van der Waals surface area (Å²) in [7, 11) is 0. The standard InChI is InChI=1S/C21H15F3N2O/c22-21(23,24)16-11-12-17(25-13-16)20-26-18(14-7-3-1-4-8-14)19(27-20)15-9-5-2-6-10-15/h1-13,18-19H/t18-,19-/m0/s1. The van der Waals surface area contributed by atoms with Crippen LogP contribution in [0, 0.1) is 0 Å². The number of aromatic nitrogens is 1. The lowest BCUT2D eigenvalue weighted by Crippen LogP contribution is -2.11. The third-order valence-electron chi connectivity index (χ3n) is 4.36. The first-order valence-corrected chi connectivity index (χ1v) is 8.40. The Morgan fingerprint density at radius 1 is 0.778 bits per heavy atom. The van der Waals surface area contributed by atoms with Crippen LogP contribution >= 0.6 is 0 Å². The molecule has 3 nitrogen and oxygen atoms in total. The fourth-order valence-corrected chi connectivity index (χ4v) is 3.02. The lowest BCUT2D eigenvalue weighted by molar-refractivity contribution is -0.137. The van der Waals surface area contributed by atoms with E-state index in [9.17, 15) is 13.2 Å². The molecule has 0 unspecified atom stereocenters. The summed E-state index contributed by atoms with van der Waals surface area (Å²) in [4.78, 5) is 8.54. The van der Waals surface area contributed by atoms with E-state index in [0.29, 0.717) is 0 Å². The minimum atomic E-state index is -4.43. The van der Waals surface area contributed by atoms with Crippen molar-refractivity contribution >= 4 is 5.90 Å². The minimum Gasteiger partial charge on any atom is -0.465 e. The van der Waals surface area contributed by atoms with Crippen LogP contribution in [0.1, 0.15) is 34.5 Å². The van der Waals surface area contributed by atoms with Gasteiger partial charge in [-0.2, -0.15) is 13.2 Å². The molecule has 0 aliphatic carbocycles. The number of halogens is 3. The average Bonchev–Trinajstić information content (AvgIpc) is 3.14. The second-order valence-electron chi connectivity index (χ2n) is 6.17. The zero-order valence-corrected chi connectivity index (χ0v) is 14.1. The maximum atomic E-state index is 12.8. The molecular weight excluding hydrogens is 353 g/mol. The second-order valence-corrected chi connectivity index (χ2v) is 6.17. The molecule has 1 aliphatic heterocycles. The first-order chi connectivity index (χ1) is 13.0. The maximum absolute atomic E-state index is 12.8. The lowest BCUT2D eigenvalue weighted by atomic mass is 9.97. The Morgan fingerprint density at radius 2 is 1.41 bits per heavy atom. The highest BCUT2D eigenvalue weighted by molar-refractivity contribution is 5.93. The monoisotopic (exact) mass is 368 g/mol. The molecule has 0 N–H and O–H groups in total. The fourth-order valence-electron chi connectivity index (χ4n) is 3.02. The number of aliphatic imine (C=N–C) groups is 1. The summed E-state index contributed by atoms with van der Waals surface area (Å²) in [5.74, 6) is 0.242. The Kier molecular flexibility index (Phi) is 4.39. The van der Waals surface area contributed by atoms with Crippen LogP contribution in [0.25, 0.3) is 0 Å². The van der Waals surface area contributed by atoms with Crippen molar-refractivity contribution in [2.24, 2.45) is 4.99 Å². The van der Waals surface area contributed by atoms with E-state index >= 15 is 0 Å². The van der Waals surface area contributed by atoms with Crippen LogP contribution in [0.15, 0.2) is 84.0 Å². The van der Waals surface area contributed by atoms with E-state index in [1.54, 1.807) is 0 Å². The Balaban J connectivity index is 1.70. The Bertz CT molecular complexity index is 939. The highest BCUT2D eigenvalue weighted by Crippen LogP contribution is 2.41. The van der Waals surface area contributed by atoms with Crippen molar-refractivity contribution in [2.75, 3.05) is 0 Å². The van der Waals surface area contributed by atoms with E-state index in [2.05, 4.69) is 9.98 Å². The Morgan fingerprint density at radius 3 is 1.96 bits per heavy atom. The molecule has 6 heteroatoms. The van der Waals surface area contributed by atoms with Crippen LogP contribution in [-0.4, -0.2) is 10.9 Å². The number of alkyl halides is 3. The van der Waals surface area contributed by atoms with Crippen LogP contribution in [-0.2, 0) is 10.9 Å². The van der Waals surface area contributed by atoms with Crippen molar-refractivity contribution in [3.05, 3.63) is 101 Å². The van der Waals surface area contributed by atoms with Gasteiger partial charge in [-0.1, -0.05) is 60.7 Å². The van der Waals surface area contributed by atoms with Crippen molar-refractivity contribution in [3.8, 4) is 0 Å². The number of hydrogen-bond donors (Lipinski definition) is 0. The van der Waals surface area contributed by atoms with E-state index in [-0.39, 0.29) is 23.7 Å². The molecule has 0 spiro atoms. The van der Waals surface area contributed by atoms with Gasteiger partial charge in [0.05, 0.1) is 5.56 Å². The zero-order valence-electron chi connectivity index (χ0n) is 14.1. The third kappa shape index (κ3) is 3.56. The van der Waals surface area contributed by atoms with Gasteiger partial charge < -0.3 is 4.74 Å². The maximum Gasteiger partial charge on any atom is 0.417 e. The fraction of sp³-hybridized carbons (Fsp3) is 0.143. The second kappa shape index (κ2) is 6.87. The Labute approximate surface area is 154 Å². The molecule has 0 amide bonds. The molecule has 0 saturated carbocycles. The molecular formula is C21H15F3N2O. The summed E-state index contributed by atoms with van der Waals surface area (Å²) in [5, 5.41) is 0. The quantitative estimate of drug-likeness (QED) is 0.624. The molecule has 0 saturated heterocycles. The molecule has 2 atom stereocenters. The van der Waals surface area contributed by atoms with Crippen LogP contribution in [0.3, 0.4) is 0 Å². The van der Waals surface area contributed by atoms with Gasteiger partial charge in [-0.05, 0) is 23.3 Å². The van der Waals surface area contributed by atoms with E-state index in [0.717, 1.165) is 23.4 Å². The molecule has 0 bridgehead atoms. The molecule has 4 rings (SSSR count). The highest BCUT2D eigenvalue weighted by atomic mass is 19.4. The molecule has 1 aliphatic rings. The van der Waals surface area contributed by atoms with E-state index in [1.165, 1.54) is 6.07 Å². The summed E-state index contributed by atoms with van der Waals surface area (Å²) < 4.78 is 44.3. The van der Waals surface area contributed by atoms with Crippen LogP contribution in [0.4, 0.5) is 13.2 Å². The van der Waals surface area contributed by atoms with Crippen molar-refractivity contribution in [3.63, 3.8) is 0 Å². The van der Waals surface area contributed by atoms with Crippen molar-refractivity contribution in [1.29, 1.82) is 0 Å². The van der Waals surface area contributed by atoms with Gasteiger partial charge in [0, 0.05) is 6.20 Å². The molecule has 27 heavy (non-hydrogen) atoms. The van der Waals surface area contributed by atoms with Gasteiger partial charge in [0.1, 0.15) is 11.7 Å². The van der Waals surface area contributed by atoms with Crippen LogP contribution in [0.5, 0.6) is 0 Å². The molecule has 136 valence electrons. The van der Waals surface area contributed by atoms with Crippen molar-refractivity contribution < 1.29 is 17.9 Å². The molecule has 3 aromatic rings. The van der Waals surface area contributed by atoms with Gasteiger partial charge in [-0.3, -0.25) is 4.98 Å². The summed E-state index contributed by atoms with van der Waals surface area (Å²) >= 11 is 0. The van der Waals surface area contributed by atoms with E-state index in [1.807, 2.05) is 60.7 Å². The Hall–Kier alpha value is -3.15. The van der Waals surface area contributed by atoms with Crippen molar-refractivity contribution in [2.45, 2.75) is 18.3 Å². The number of hydrogen-bond acceptors (Lipinski definition) is 3. The number of benzene rings is 2. The number of ether oxygens (including phenoxy) is 1. The highest BCUT2D eigenvalue weighted by Gasteiger charge is 2.35. The van der Waals surface area contributed by atoms with Crippen LogP contribution in [0.2, 0.25) is 0 Å². The van der Waals surface area contributed by atoms with E-state index in [4.69, 9.17) is 4.74 Å². The topological polar surface area (TPSA) is 34.5 Å². The van der Waals surface area contributed by atoms with Gasteiger partial charge in [0.15, 0.2) is 6.10 Å². The average molecular weight is 368 g/mol. The summed E-state index contributed by atoms with van der Waals surface area (Å²) in [6.07, 6.45) is -4.00. The predicted octanol–water partition coefficient (Wildman–Crippen LogP) is 5.36. The van der Waals surface area contributed by atoms with Gasteiger partial charge >= 0.3 is 6.18 Å². The molecule has 2 aromatic carbocycles.